The van der Waals surface area contributed by atoms with Crippen LogP contribution in [0.4, 0.5) is 5.95 Å². The predicted molar refractivity (Wildman–Crippen MR) is 116 cm³/mol. The number of Topliss-reactive ketones (excluding diaryl/α,β-unsaturated/α-hetero) is 1. The number of anilines is 1. The fourth-order valence-corrected chi connectivity index (χ4v) is 4.84. The van der Waals surface area contributed by atoms with Gasteiger partial charge in [0.1, 0.15) is 0 Å². The molecule has 146 valence electrons. The number of hydrogen-bond donors (Lipinski definition) is 1. The van der Waals surface area contributed by atoms with Crippen LogP contribution >= 0.6 is 0 Å². The number of aromatic nitrogens is 3. The zero-order valence-electron chi connectivity index (χ0n) is 16.3. The summed E-state index contributed by atoms with van der Waals surface area (Å²) in [6, 6.07) is 22.1. The average molecular weight is 392 g/mol. The van der Waals surface area contributed by atoms with Crippen LogP contribution in [0.1, 0.15) is 35.9 Å². The van der Waals surface area contributed by atoms with Crippen LogP contribution in [0, 0.1) is 0 Å². The Morgan fingerprint density at radius 1 is 0.900 bits per heavy atom. The molecular weight excluding hydrogens is 372 g/mol. The van der Waals surface area contributed by atoms with Crippen molar-refractivity contribution >= 4 is 22.8 Å². The molecule has 5 heteroatoms. The van der Waals surface area contributed by atoms with E-state index >= 15 is 0 Å². The van der Waals surface area contributed by atoms with Gasteiger partial charge in [-0.05, 0) is 41.7 Å². The van der Waals surface area contributed by atoms with Gasteiger partial charge in [0.2, 0.25) is 5.95 Å². The Hall–Kier alpha value is -3.73. The van der Waals surface area contributed by atoms with E-state index in [4.69, 9.17) is 4.98 Å². The monoisotopic (exact) mass is 392 g/mol. The van der Waals surface area contributed by atoms with E-state index in [-0.39, 0.29) is 17.7 Å². The van der Waals surface area contributed by atoms with E-state index in [1.807, 2.05) is 54.7 Å². The summed E-state index contributed by atoms with van der Waals surface area (Å²) in [7, 11) is 0. The summed E-state index contributed by atoms with van der Waals surface area (Å²) in [6.07, 6.45) is 4.94. The molecule has 4 aromatic rings. The summed E-state index contributed by atoms with van der Waals surface area (Å²) in [5.41, 5.74) is 5.96. The largest absolute Gasteiger partial charge is 0.329 e. The molecule has 1 aliphatic carbocycles. The molecule has 0 unspecified atom stereocenters. The summed E-state index contributed by atoms with van der Waals surface area (Å²) in [5.74, 6) is 1.15. The highest BCUT2D eigenvalue weighted by Crippen LogP contribution is 2.45. The van der Waals surface area contributed by atoms with Crippen LogP contribution in [0.15, 0.2) is 90.4 Å². The summed E-state index contributed by atoms with van der Waals surface area (Å²) in [6.45, 7) is 0. The zero-order valence-corrected chi connectivity index (χ0v) is 16.3. The van der Waals surface area contributed by atoms with Gasteiger partial charge in [-0.25, -0.2) is 4.98 Å². The van der Waals surface area contributed by atoms with E-state index in [0.29, 0.717) is 6.42 Å². The van der Waals surface area contributed by atoms with Gasteiger partial charge in [-0.1, -0.05) is 48.5 Å². The normalized spacial score (nSPS) is 20.6. The van der Waals surface area contributed by atoms with Crippen molar-refractivity contribution in [3.8, 4) is 0 Å². The van der Waals surface area contributed by atoms with Crippen molar-refractivity contribution in [2.45, 2.75) is 24.8 Å². The lowest BCUT2D eigenvalue weighted by Gasteiger charge is -2.36. The van der Waals surface area contributed by atoms with E-state index < -0.39 is 0 Å². The second-order valence-electron chi connectivity index (χ2n) is 7.94. The topological polar surface area (TPSA) is 59.8 Å². The Balaban J connectivity index is 1.54. The SMILES string of the molecule is O=C1C[C@H](c2ccccc2)CC2=C1[C@@H](c1cccnc1)n1c(nc3ccccc31)N2. The van der Waals surface area contributed by atoms with Crippen LogP contribution in [0.5, 0.6) is 0 Å². The van der Waals surface area contributed by atoms with Crippen molar-refractivity contribution in [3.05, 3.63) is 102 Å². The Bertz CT molecular complexity index is 1290. The second-order valence-corrected chi connectivity index (χ2v) is 7.94. The number of hydrogen-bond acceptors (Lipinski definition) is 4. The first-order valence-corrected chi connectivity index (χ1v) is 10.2. The van der Waals surface area contributed by atoms with Crippen molar-refractivity contribution in [1.82, 2.24) is 14.5 Å². The third kappa shape index (κ3) is 2.59. The van der Waals surface area contributed by atoms with Gasteiger partial charge in [0, 0.05) is 30.1 Å². The molecule has 5 nitrogen and oxygen atoms in total. The molecule has 2 aromatic carbocycles. The van der Waals surface area contributed by atoms with Crippen LogP contribution in [0.3, 0.4) is 0 Å². The van der Waals surface area contributed by atoms with Gasteiger partial charge in [-0.2, -0.15) is 0 Å². The van der Waals surface area contributed by atoms with E-state index in [1.54, 1.807) is 6.20 Å². The van der Waals surface area contributed by atoms with E-state index in [1.165, 1.54) is 5.56 Å². The molecule has 2 aromatic heterocycles. The number of imidazole rings is 1. The molecule has 6 rings (SSSR count). The fraction of sp³-hybridized carbons (Fsp3) is 0.160. The van der Waals surface area contributed by atoms with Gasteiger partial charge >= 0.3 is 0 Å². The molecule has 0 bridgehead atoms. The first-order chi connectivity index (χ1) is 14.8. The highest BCUT2D eigenvalue weighted by Gasteiger charge is 2.39. The van der Waals surface area contributed by atoms with Gasteiger partial charge in [-0.15, -0.1) is 0 Å². The van der Waals surface area contributed by atoms with Gasteiger partial charge in [0.15, 0.2) is 5.78 Å². The van der Waals surface area contributed by atoms with Gasteiger partial charge in [0.05, 0.1) is 17.1 Å². The van der Waals surface area contributed by atoms with Crippen LogP contribution < -0.4 is 5.32 Å². The lowest BCUT2D eigenvalue weighted by Crippen LogP contribution is -2.33. The van der Waals surface area contributed by atoms with Crippen molar-refractivity contribution in [3.63, 3.8) is 0 Å². The number of carbonyl (C=O) groups is 1. The van der Waals surface area contributed by atoms with E-state index in [0.717, 1.165) is 40.2 Å². The number of para-hydroxylation sites is 2. The maximum absolute atomic E-state index is 13.5. The Labute approximate surface area is 174 Å². The quantitative estimate of drug-likeness (QED) is 0.530. The molecule has 0 saturated carbocycles. The fourth-order valence-electron chi connectivity index (χ4n) is 4.84. The number of ketones is 1. The average Bonchev–Trinajstić information content (AvgIpc) is 3.17. The Morgan fingerprint density at radius 2 is 1.70 bits per heavy atom. The number of nitrogens with zero attached hydrogens (tertiary/aromatic N) is 3. The lowest BCUT2D eigenvalue weighted by atomic mass is 9.78. The smallest absolute Gasteiger partial charge is 0.209 e. The summed E-state index contributed by atoms with van der Waals surface area (Å²) < 4.78 is 2.14. The second kappa shape index (κ2) is 6.66. The molecule has 0 spiro atoms. The molecular formula is C25H20N4O. The lowest BCUT2D eigenvalue weighted by molar-refractivity contribution is -0.116. The molecule has 1 N–H and O–H groups in total. The molecule has 0 fully saturated rings. The molecule has 2 aliphatic rings. The highest BCUT2D eigenvalue weighted by molar-refractivity contribution is 6.01. The molecule has 0 radical (unpaired) electrons. The number of pyridine rings is 1. The molecule has 3 heterocycles. The molecule has 1 aliphatic heterocycles. The maximum atomic E-state index is 13.5. The number of allylic oxidation sites excluding steroid dienone is 2. The first kappa shape index (κ1) is 17.2. The van der Waals surface area contributed by atoms with Gasteiger partial charge in [-0.3, -0.25) is 14.3 Å². The predicted octanol–water partition coefficient (Wildman–Crippen LogP) is 4.85. The summed E-state index contributed by atoms with van der Waals surface area (Å²) >= 11 is 0. The van der Waals surface area contributed by atoms with Crippen molar-refractivity contribution in [2.75, 3.05) is 5.32 Å². The zero-order chi connectivity index (χ0) is 20.1. The summed E-state index contributed by atoms with van der Waals surface area (Å²) in [4.78, 5) is 22.7. The number of rotatable bonds is 2. The van der Waals surface area contributed by atoms with Crippen LogP contribution in [-0.2, 0) is 4.79 Å². The van der Waals surface area contributed by atoms with Crippen LogP contribution in [-0.4, -0.2) is 20.3 Å². The van der Waals surface area contributed by atoms with E-state index in [2.05, 4.69) is 33.1 Å². The minimum Gasteiger partial charge on any atom is -0.329 e. The molecule has 30 heavy (non-hydrogen) atoms. The van der Waals surface area contributed by atoms with Crippen LogP contribution in [0.25, 0.3) is 11.0 Å². The van der Waals surface area contributed by atoms with Crippen molar-refractivity contribution < 1.29 is 4.79 Å². The number of carbonyl (C=O) groups excluding carboxylic acids is 1. The minimum absolute atomic E-state index is 0.176. The Kier molecular flexibility index (Phi) is 3.81. The first-order valence-electron chi connectivity index (χ1n) is 10.2. The molecule has 2 atom stereocenters. The minimum atomic E-state index is -0.221. The maximum Gasteiger partial charge on any atom is 0.209 e. The van der Waals surface area contributed by atoms with Gasteiger partial charge < -0.3 is 5.32 Å². The number of benzene rings is 2. The van der Waals surface area contributed by atoms with Crippen molar-refractivity contribution in [1.29, 1.82) is 0 Å². The highest BCUT2D eigenvalue weighted by atomic mass is 16.1. The standard InChI is InChI=1S/C25H20N4O/c30-22-14-18(16-7-2-1-3-8-16)13-20-23(22)24(17-9-6-12-26-15-17)29-21-11-5-4-10-19(21)27-25(29)28-20/h1-12,15,18,24H,13-14H2,(H,27,28)/t18-,24-/m1/s1. The molecule has 0 amide bonds. The van der Waals surface area contributed by atoms with Gasteiger partial charge in [0.25, 0.3) is 0 Å². The Morgan fingerprint density at radius 3 is 2.53 bits per heavy atom. The third-order valence-corrected chi connectivity index (χ3v) is 6.17. The van der Waals surface area contributed by atoms with Crippen LogP contribution in [0.2, 0.25) is 0 Å². The number of fused-ring (bicyclic) bond motifs is 3. The van der Waals surface area contributed by atoms with E-state index in [9.17, 15) is 4.79 Å². The summed E-state index contributed by atoms with van der Waals surface area (Å²) in [5, 5.41) is 3.51. The van der Waals surface area contributed by atoms with Crippen molar-refractivity contribution in [2.24, 2.45) is 0 Å². The number of nitrogens with one attached hydrogen (secondary N) is 1. The molecule has 0 saturated heterocycles. The third-order valence-electron chi connectivity index (χ3n) is 6.17.